The summed E-state index contributed by atoms with van der Waals surface area (Å²) in [5.74, 6) is -1.30. The van der Waals surface area contributed by atoms with Crippen LogP contribution in [0.3, 0.4) is 0 Å². The van der Waals surface area contributed by atoms with E-state index in [1.807, 2.05) is 6.07 Å². The van der Waals surface area contributed by atoms with Crippen LogP contribution in [0.2, 0.25) is 5.02 Å². The summed E-state index contributed by atoms with van der Waals surface area (Å²) in [5.41, 5.74) is 3.56. The summed E-state index contributed by atoms with van der Waals surface area (Å²) in [4.78, 5) is 36.5. The number of esters is 1. The first-order valence-electron chi connectivity index (χ1n) is 8.47. The first-order chi connectivity index (χ1) is 13.8. The predicted octanol–water partition coefficient (Wildman–Crippen LogP) is 3.50. The van der Waals surface area contributed by atoms with Gasteiger partial charge in [-0.1, -0.05) is 29.8 Å². The predicted molar refractivity (Wildman–Crippen MR) is 111 cm³/mol. The maximum atomic E-state index is 12.7. The lowest BCUT2D eigenvalue weighted by Gasteiger charge is -2.15. The van der Waals surface area contributed by atoms with E-state index < -0.39 is 23.9 Å². The summed E-state index contributed by atoms with van der Waals surface area (Å²) in [6.45, 7) is 1.53. The van der Waals surface area contributed by atoms with Gasteiger partial charge in [-0.25, -0.2) is 9.80 Å². The van der Waals surface area contributed by atoms with E-state index in [0.29, 0.717) is 15.7 Å². The molecule has 29 heavy (non-hydrogen) atoms. The standard InChI is InChI=1S/C20H16BrClN2O5/c1-11(20(27)28-2)29-17-15(21)9-12(10-16(17)22)8-14-18(25)23-24(19(14)26)13-6-4-3-5-7-13/h3-11H,1-2H3,(H,23,25)/b14-8-/t11-/m0/s1. The highest BCUT2D eigenvalue weighted by Gasteiger charge is 2.34. The van der Waals surface area contributed by atoms with Gasteiger partial charge >= 0.3 is 5.97 Å². The zero-order valence-corrected chi connectivity index (χ0v) is 17.8. The maximum absolute atomic E-state index is 12.7. The van der Waals surface area contributed by atoms with E-state index in [4.69, 9.17) is 16.3 Å². The van der Waals surface area contributed by atoms with Crippen molar-refractivity contribution >= 4 is 57.1 Å². The topological polar surface area (TPSA) is 84.9 Å². The van der Waals surface area contributed by atoms with E-state index in [1.165, 1.54) is 31.2 Å². The number of hydrazine groups is 1. The Morgan fingerprint density at radius 1 is 1.24 bits per heavy atom. The summed E-state index contributed by atoms with van der Waals surface area (Å²) in [6.07, 6.45) is 0.574. The number of amides is 2. The molecule has 1 aliphatic rings. The smallest absolute Gasteiger partial charge is 0.346 e. The van der Waals surface area contributed by atoms with Crippen LogP contribution in [0.15, 0.2) is 52.5 Å². The maximum Gasteiger partial charge on any atom is 0.346 e. The number of halogens is 2. The van der Waals surface area contributed by atoms with Gasteiger partial charge in [0.15, 0.2) is 11.9 Å². The fraction of sp³-hybridized carbons (Fsp3) is 0.150. The number of carbonyl (C=O) groups excluding carboxylic acids is 3. The van der Waals surface area contributed by atoms with Crippen molar-refractivity contribution in [2.75, 3.05) is 12.1 Å². The van der Waals surface area contributed by atoms with Crippen molar-refractivity contribution in [2.24, 2.45) is 0 Å². The highest BCUT2D eigenvalue weighted by atomic mass is 79.9. The van der Waals surface area contributed by atoms with Gasteiger partial charge in [0.1, 0.15) is 5.57 Å². The first kappa shape index (κ1) is 20.9. The lowest BCUT2D eigenvalue weighted by atomic mass is 10.1. The molecule has 1 N–H and O–H groups in total. The van der Waals surface area contributed by atoms with E-state index in [-0.39, 0.29) is 16.3 Å². The number of hydrogen-bond donors (Lipinski definition) is 1. The molecule has 0 unspecified atom stereocenters. The summed E-state index contributed by atoms with van der Waals surface area (Å²) < 4.78 is 10.6. The van der Waals surface area contributed by atoms with Crippen LogP contribution in [-0.4, -0.2) is 31.0 Å². The SMILES string of the molecule is COC(=O)[C@H](C)Oc1c(Cl)cc(/C=C2/C(=O)NN(c3ccccc3)C2=O)cc1Br. The minimum atomic E-state index is -0.861. The summed E-state index contributed by atoms with van der Waals surface area (Å²) in [5, 5.41) is 1.38. The fourth-order valence-electron chi connectivity index (χ4n) is 2.65. The summed E-state index contributed by atoms with van der Waals surface area (Å²) in [7, 11) is 1.26. The summed E-state index contributed by atoms with van der Waals surface area (Å²) >= 11 is 9.62. The van der Waals surface area contributed by atoms with E-state index in [0.717, 1.165) is 0 Å². The van der Waals surface area contributed by atoms with Gasteiger partial charge in [-0.05, 0) is 58.8 Å². The molecule has 9 heteroatoms. The van der Waals surface area contributed by atoms with E-state index >= 15 is 0 Å². The molecular weight excluding hydrogens is 464 g/mol. The minimum absolute atomic E-state index is 0.0339. The number of rotatable bonds is 5. The number of benzene rings is 2. The van der Waals surface area contributed by atoms with E-state index in [9.17, 15) is 14.4 Å². The van der Waals surface area contributed by atoms with Crippen LogP contribution in [0.4, 0.5) is 5.69 Å². The fourth-order valence-corrected chi connectivity index (χ4v) is 3.61. The second-order valence-electron chi connectivity index (χ2n) is 6.07. The third-order valence-corrected chi connectivity index (χ3v) is 4.94. The highest BCUT2D eigenvalue weighted by Crippen LogP contribution is 2.36. The largest absolute Gasteiger partial charge is 0.476 e. The van der Waals surface area contributed by atoms with Crippen LogP contribution < -0.4 is 15.2 Å². The number of ether oxygens (including phenoxy) is 2. The van der Waals surface area contributed by atoms with Crippen molar-refractivity contribution in [1.29, 1.82) is 0 Å². The molecule has 0 aliphatic carbocycles. The first-order valence-corrected chi connectivity index (χ1v) is 9.64. The molecule has 2 aromatic carbocycles. The van der Waals surface area contributed by atoms with Crippen LogP contribution in [-0.2, 0) is 19.1 Å². The number of hydrogen-bond acceptors (Lipinski definition) is 5. The molecule has 0 radical (unpaired) electrons. The van der Waals surface area contributed by atoms with Crippen LogP contribution in [0.1, 0.15) is 12.5 Å². The Morgan fingerprint density at radius 2 is 1.93 bits per heavy atom. The Kier molecular flexibility index (Phi) is 6.24. The van der Waals surface area contributed by atoms with Crippen LogP contribution in [0.5, 0.6) is 5.75 Å². The minimum Gasteiger partial charge on any atom is -0.476 e. The molecule has 1 saturated heterocycles. The number of carbonyl (C=O) groups is 3. The van der Waals surface area contributed by atoms with Crippen molar-refractivity contribution < 1.29 is 23.9 Å². The lowest BCUT2D eigenvalue weighted by molar-refractivity contribution is -0.147. The molecule has 1 aliphatic heterocycles. The van der Waals surface area contributed by atoms with Gasteiger partial charge in [0.2, 0.25) is 0 Å². The Labute approximate surface area is 180 Å². The number of anilines is 1. The van der Waals surface area contributed by atoms with E-state index in [2.05, 4.69) is 26.1 Å². The molecule has 1 atom stereocenters. The van der Waals surface area contributed by atoms with Crippen molar-refractivity contribution in [3.63, 3.8) is 0 Å². The molecule has 150 valence electrons. The van der Waals surface area contributed by atoms with Crippen LogP contribution in [0, 0.1) is 0 Å². The second kappa shape index (κ2) is 8.67. The zero-order valence-electron chi connectivity index (χ0n) is 15.4. The van der Waals surface area contributed by atoms with Gasteiger partial charge in [0.25, 0.3) is 11.8 Å². The highest BCUT2D eigenvalue weighted by molar-refractivity contribution is 9.10. The molecule has 0 bridgehead atoms. The molecule has 3 rings (SSSR count). The second-order valence-corrected chi connectivity index (χ2v) is 7.33. The monoisotopic (exact) mass is 478 g/mol. The molecule has 0 aromatic heterocycles. The molecule has 0 saturated carbocycles. The third-order valence-electron chi connectivity index (χ3n) is 4.07. The van der Waals surface area contributed by atoms with Gasteiger partial charge in [0, 0.05) is 0 Å². The van der Waals surface area contributed by atoms with Crippen LogP contribution in [0.25, 0.3) is 6.08 Å². The van der Waals surface area contributed by atoms with Crippen molar-refractivity contribution in [3.8, 4) is 5.75 Å². The number of nitrogens with zero attached hydrogens (tertiary/aromatic N) is 1. The molecule has 7 nitrogen and oxygen atoms in total. The quantitative estimate of drug-likeness (QED) is 0.403. The van der Waals surface area contributed by atoms with Crippen molar-refractivity contribution in [1.82, 2.24) is 5.43 Å². The van der Waals surface area contributed by atoms with Gasteiger partial charge in [-0.3, -0.25) is 15.0 Å². The summed E-state index contributed by atoms with van der Waals surface area (Å²) in [6, 6.07) is 11.9. The molecule has 2 aromatic rings. The molecule has 1 fully saturated rings. The Bertz CT molecular complexity index is 986. The number of nitrogens with one attached hydrogen (secondary N) is 1. The van der Waals surface area contributed by atoms with Gasteiger partial charge < -0.3 is 9.47 Å². The Morgan fingerprint density at radius 3 is 2.55 bits per heavy atom. The molecule has 1 heterocycles. The Balaban J connectivity index is 1.88. The third kappa shape index (κ3) is 4.44. The number of methoxy groups -OCH3 is 1. The van der Waals surface area contributed by atoms with Gasteiger partial charge in [-0.2, -0.15) is 0 Å². The average molecular weight is 480 g/mol. The van der Waals surface area contributed by atoms with Crippen molar-refractivity contribution in [3.05, 3.63) is 63.1 Å². The van der Waals surface area contributed by atoms with Gasteiger partial charge in [-0.15, -0.1) is 0 Å². The molecular formula is C20H16BrClN2O5. The number of para-hydroxylation sites is 1. The van der Waals surface area contributed by atoms with Crippen molar-refractivity contribution in [2.45, 2.75) is 13.0 Å². The van der Waals surface area contributed by atoms with Gasteiger partial charge in [0.05, 0.1) is 22.3 Å². The lowest BCUT2D eigenvalue weighted by Crippen LogP contribution is -2.35. The molecule has 0 spiro atoms. The molecule has 2 amide bonds. The van der Waals surface area contributed by atoms with Crippen LogP contribution >= 0.6 is 27.5 Å². The zero-order chi connectivity index (χ0) is 21.1. The Hall–Kier alpha value is -2.84. The van der Waals surface area contributed by atoms with E-state index in [1.54, 1.807) is 30.3 Å². The average Bonchev–Trinajstić information content (AvgIpc) is 2.98. The normalized spacial score (nSPS) is 16.0.